The van der Waals surface area contributed by atoms with E-state index in [0.717, 1.165) is 30.7 Å². The van der Waals surface area contributed by atoms with Crippen molar-refractivity contribution < 1.29 is 13.9 Å². The predicted molar refractivity (Wildman–Crippen MR) is 102 cm³/mol. The summed E-state index contributed by atoms with van der Waals surface area (Å²) in [7, 11) is 3.74. The predicted octanol–water partition coefficient (Wildman–Crippen LogP) is 3.38. The minimum Gasteiger partial charge on any atom is -0.497 e. The Hall–Kier alpha value is -2.40. The summed E-state index contributed by atoms with van der Waals surface area (Å²) >= 11 is 0. The fourth-order valence-electron chi connectivity index (χ4n) is 4.14. The second kappa shape index (κ2) is 6.97. The number of piperazine rings is 1. The Morgan fingerprint density at radius 2 is 1.93 bits per heavy atom. The van der Waals surface area contributed by atoms with E-state index in [1.807, 2.05) is 29.2 Å². The van der Waals surface area contributed by atoms with Crippen molar-refractivity contribution in [2.45, 2.75) is 24.3 Å². The molecule has 0 aromatic heterocycles. The number of nitrogens with zero attached hydrogens (tertiary/aromatic N) is 2. The Morgan fingerprint density at radius 1 is 1.15 bits per heavy atom. The van der Waals surface area contributed by atoms with Gasteiger partial charge in [0.25, 0.3) is 0 Å². The maximum atomic E-state index is 14.3. The van der Waals surface area contributed by atoms with Gasteiger partial charge in [-0.1, -0.05) is 30.3 Å². The van der Waals surface area contributed by atoms with Crippen LogP contribution in [-0.2, 0) is 10.2 Å². The standard InChI is InChI=1S/C22H25FN2O2/c1-24-12-13-25(15-20(24)16-6-5-7-17(14-16)27-2)21(26)22(10-11-22)18-8-3-4-9-19(18)23/h3-9,14,20H,10-13,15H2,1-2H3. The van der Waals surface area contributed by atoms with E-state index in [0.29, 0.717) is 18.7 Å². The van der Waals surface area contributed by atoms with Crippen molar-refractivity contribution in [3.8, 4) is 5.75 Å². The number of ether oxygens (including phenoxy) is 1. The van der Waals surface area contributed by atoms with E-state index in [2.05, 4.69) is 18.0 Å². The summed E-state index contributed by atoms with van der Waals surface area (Å²) in [6, 6.07) is 14.8. The van der Waals surface area contributed by atoms with Crippen LogP contribution in [0.1, 0.15) is 30.0 Å². The van der Waals surface area contributed by atoms with Crippen molar-refractivity contribution in [1.82, 2.24) is 9.80 Å². The lowest BCUT2D eigenvalue weighted by atomic mass is 9.92. The smallest absolute Gasteiger partial charge is 0.233 e. The van der Waals surface area contributed by atoms with Crippen LogP contribution in [0.5, 0.6) is 5.75 Å². The van der Waals surface area contributed by atoms with E-state index in [1.54, 1.807) is 19.2 Å². The van der Waals surface area contributed by atoms with E-state index in [9.17, 15) is 9.18 Å². The number of benzene rings is 2. The number of rotatable bonds is 4. The molecule has 4 nitrogen and oxygen atoms in total. The molecule has 1 amide bonds. The van der Waals surface area contributed by atoms with Crippen LogP contribution in [0.15, 0.2) is 48.5 Å². The van der Waals surface area contributed by atoms with Gasteiger partial charge < -0.3 is 9.64 Å². The SMILES string of the molecule is COc1cccc(C2CN(C(=O)C3(c4ccccc4F)CC3)CCN2C)c1. The van der Waals surface area contributed by atoms with Gasteiger partial charge in [-0.2, -0.15) is 0 Å². The molecule has 2 aliphatic rings. The average Bonchev–Trinajstić information content (AvgIpc) is 3.50. The molecule has 1 saturated heterocycles. The first-order valence-corrected chi connectivity index (χ1v) is 9.44. The summed E-state index contributed by atoms with van der Waals surface area (Å²) in [6.45, 7) is 2.08. The molecule has 1 aliphatic heterocycles. The number of hydrogen-bond donors (Lipinski definition) is 0. The lowest BCUT2D eigenvalue weighted by molar-refractivity contribution is -0.136. The van der Waals surface area contributed by atoms with Crippen LogP contribution in [0.4, 0.5) is 4.39 Å². The molecule has 5 heteroatoms. The van der Waals surface area contributed by atoms with Crippen LogP contribution < -0.4 is 4.74 Å². The third-order valence-corrected chi connectivity index (χ3v) is 5.96. The van der Waals surface area contributed by atoms with Crippen molar-refractivity contribution >= 4 is 5.91 Å². The number of likely N-dealkylation sites (N-methyl/N-ethyl adjacent to an activating group) is 1. The molecule has 0 spiro atoms. The molecule has 0 bridgehead atoms. The van der Waals surface area contributed by atoms with E-state index in [-0.39, 0.29) is 17.8 Å². The van der Waals surface area contributed by atoms with Crippen LogP contribution in [0.25, 0.3) is 0 Å². The van der Waals surface area contributed by atoms with Gasteiger partial charge in [-0.15, -0.1) is 0 Å². The Bertz CT molecular complexity index is 850. The zero-order valence-electron chi connectivity index (χ0n) is 15.8. The minimum absolute atomic E-state index is 0.0635. The molecule has 1 heterocycles. The molecule has 4 rings (SSSR count). The fourth-order valence-corrected chi connectivity index (χ4v) is 4.14. The maximum absolute atomic E-state index is 14.3. The molecule has 1 aliphatic carbocycles. The van der Waals surface area contributed by atoms with Crippen molar-refractivity contribution in [3.63, 3.8) is 0 Å². The quantitative estimate of drug-likeness (QED) is 0.829. The molecule has 1 unspecified atom stereocenters. The highest BCUT2D eigenvalue weighted by Gasteiger charge is 2.54. The highest BCUT2D eigenvalue weighted by Crippen LogP contribution is 2.50. The van der Waals surface area contributed by atoms with Crippen LogP contribution in [0, 0.1) is 5.82 Å². The third-order valence-electron chi connectivity index (χ3n) is 5.96. The number of hydrogen-bond acceptors (Lipinski definition) is 3. The molecular weight excluding hydrogens is 343 g/mol. The van der Waals surface area contributed by atoms with E-state index in [1.165, 1.54) is 6.07 Å². The highest BCUT2D eigenvalue weighted by molar-refractivity contribution is 5.91. The number of methoxy groups -OCH3 is 1. The van der Waals surface area contributed by atoms with Crippen molar-refractivity contribution in [3.05, 3.63) is 65.5 Å². The summed E-state index contributed by atoms with van der Waals surface area (Å²) < 4.78 is 19.7. The first kappa shape index (κ1) is 18.0. The molecule has 1 atom stereocenters. The van der Waals surface area contributed by atoms with Crippen LogP contribution >= 0.6 is 0 Å². The van der Waals surface area contributed by atoms with Crippen LogP contribution in [0.2, 0.25) is 0 Å². The number of carbonyl (C=O) groups is 1. The average molecular weight is 368 g/mol. The van der Waals surface area contributed by atoms with Gasteiger partial charge in [-0.25, -0.2) is 4.39 Å². The number of amides is 1. The zero-order chi connectivity index (χ0) is 19.0. The second-order valence-electron chi connectivity index (χ2n) is 7.59. The maximum Gasteiger partial charge on any atom is 0.233 e. The molecule has 0 radical (unpaired) electrons. The molecule has 0 N–H and O–H groups in total. The molecular formula is C22H25FN2O2. The van der Waals surface area contributed by atoms with Gasteiger partial charge in [0.1, 0.15) is 11.6 Å². The topological polar surface area (TPSA) is 32.8 Å². The Kier molecular flexibility index (Phi) is 4.64. The van der Waals surface area contributed by atoms with Gasteiger partial charge >= 0.3 is 0 Å². The molecule has 1 saturated carbocycles. The molecule has 2 aromatic rings. The van der Waals surface area contributed by atoms with E-state index >= 15 is 0 Å². The van der Waals surface area contributed by atoms with Crippen molar-refractivity contribution in [2.24, 2.45) is 0 Å². The zero-order valence-corrected chi connectivity index (χ0v) is 15.8. The second-order valence-corrected chi connectivity index (χ2v) is 7.59. The highest BCUT2D eigenvalue weighted by atomic mass is 19.1. The Morgan fingerprint density at radius 3 is 2.63 bits per heavy atom. The number of carbonyl (C=O) groups excluding carboxylic acids is 1. The normalized spacial score (nSPS) is 21.7. The Labute approximate surface area is 159 Å². The fraction of sp³-hybridized carbons (Fsp3) is 0.409. The van der Waals surface area contributed by atoms with Gasteiger partial charge in [-0.3, -0.25) is 9.69 Å². The molecule has 2 fully saturated rings. The van der Waals surface area contributed by atoms with Crippen LogP contribution in [0.3, 0.4) is 0 Å². The molecule has 2 aromatic carbocycles. The van der Waals surface area contributed by atoms with Gasteiger partial charge in [0, 0.05) is 25.2 Å². The first-order valence-electron chi connectivity index (χ1n) is 9.44. The lowest BCUT2D eigenvalue weighted by Crippen LogP contribution is -2.51. The van der Waals surface area contributed by atoms with Gasteiger partial charge in [0.15, 0.2) is 0 Å². The Balaban J connectivity index is 1.58. The van der Waals surface area contributed by atoms with E-state index in [4.69, 9.17) is 4.74 Å². The monoisotopic (exact) mass is 368 g/mol. The first-order chi connectivity index (χ1) is 13.0. The summed E-state index contributed by atoms with van der Waals surface area (Å²) in [5, 5.41) is 0. The summed E-state index contributed by atoms with van der Waals surface area (Å²) in [4.78, 5) is 17.5. The van der Waals surface area contributed by atoms with E-state index < -0.39 is 5.41 Å². The summed E-state index contributed by atoms with van der Waals surface area (Å²) in [5.74, 6) is 0.602. The van der Waals surface area contributed by atoms with Crippen LogP contribution in [-0.4, -0.2) is 49.5 Å². The van der Waals surface area contributed by atoms with Crippen molar-refractivity contribution in [1.29, 1.82) is 0 Å². The molecule has 142 valence electrons. The van der Waals surface area contributed by atoms with Gasteiger partial charge in [0.05, 0.1) is 18.6 Å². The largest absolute Gasteiger partial charge is 0.497 e. The van der Waals surface area contributed by atoms with Gasteiger partial charge in [0.2, 0.25) is 5.91 Å². The van der Waals surface area contributed by atoms with Gasteiger partial charge in [-0.05, 0) is 43.7 Å². The molecule has 27 heavy (non-hydrogen) atoms. The summed E-state index contributed by atoms with van der Waals surface area (Å²) in [6.07, 6.45) is 1.45. The third kappa shape index (κ3) is 3.21. The minimum atomic E-state index is -0.666. The van der Waals surface area contributed by atoms with Crippen molar-refractivity contribution in [2.75, 3.05) is 33.8 Å². The number of halogens is 1. The lowest BCUT2D eigenvalue weighted by Gasteiger charge is -2.41. The summed E-state index contributed by atoms with van der Waals surface area (Å²) in [5.41, 5.74) is 1.01.